The molecule has 2 rings (SSSR count). The van der Waals surface area contributed by atoms with Crippen LogP contribution >= 0.6 is 23.4 Å². The Balaban J connectivity index is 2.04. The molecule has 3 N–H and O–H groups in total. The second kappa shape index (κ2) is 10.1. The number of amides is 2. The van der Waals surface area contributed by atoms with E-state index in [-0.39, 0.29) is 28.1 Å². The molecule has 6 nitrogen and oxygen atoms in total. The number of hydrogen-bond acceptors (Lipinski definition) is 4. The Morgan fingerprint density at radius 2 is 1.89 bits per heavy atom. The molecule has 0 aromatic heterocycles. The quantitative estimate of drug-likeness (QED) is 0.528. The second-order valence-electron chi connectivity index (χ2n) is 6.08. The van der Waals surface area contributed by atoms with E-state index in [0.717, 1.165) is 11.3 Å². The van der Waals surface area contributed by atoms with Gasteiger partial charge in [-0.25, -0.2) is 4.79 Å². The second-order valence-corrected chi connectivity index (χ2v) is 7.90. The minimum absolute atomic E-state index is 0.0375. The number of anilines is 2. The van der Waals surface area contributed by atoms with Crippen LogP contribution in [0.3, 0.4) is 0 Å². The van der Waals surface area contributed by atoms with Crippen LogP contribution in [0.1, 0.15) is 37.0 Å². The van der Waals surface area contributed by atoms with Crippen LogP contribution in [0.5, 0.6) is 0 Å². The minimum Gasteiger partial charge on any atom is -0.478 e. The van der Waals surface area contributed by atoms with E-state index in [4.69, 9.17) is 16.7 Å². The number of aromatic carboxylic acids is 1. The third kappa shape index (κ3) is 6.28. The molecule has 0 heterocycles. The molecule has 0 aliphatic carbocycles. The summed E-state index contributed by atoms with van der Waals surface area (Å²) in [5.74, 6) is -1.46. The molecule has 0 bridgehead atoms. The first-order valence-electron chi connectivity index (χ1n) is 8.70. The van der Waals surface area contributed by atoms with Gasteiger partial charge in [-0.3, -0.25) is 9.59 Å². The number of benzene rings is 2. The van der Waals surface area contributed by atoms with Crippen LogP contribution in [0.15, 0.2) is 47.4 Å². The summed E-state index contributed by atoms with van der Waals surface area (Å²) in [5.41, 5.74) is 0.961. The number of thioether (sulfide) groups is 1. The molecule has 1 unspecified atom stereocenters. The summed E-state index contributed by atoms with van der Waals surface area (Å²) in [5, 5.41) is 14.4. The molecule has 0 aliphatic rings. The summed E-state index contributed by atoms with van der Waals surface area (Å²) >= 11 is 7.37. The number of carboxylic acids is 1. The number of hydrogen-bond donors (Lipinski definition) is 3. The average molecular weight is 421 g/mol. The maximum absolute atomic E-state index is 12.5. The van der Waals surface area contributed by atoms with Gasteiger partial charge < -0.3 is 15.7 Å². The van der Waals surface area contributed by atoms with Crippen molar-refractivity contribution in [3.63, 3.8) is 0 Å². The Hall–Kier alpha value is -2.51. The Kier molecular flexibility index (Phi) is 7.90. The van der Waals surface area contributed by atoms with Gasteiger partial charge >= 0.3 is 5.97 Å². The molecule has 148 valence electrons. The predicted molar refractivity (Wildman–Crippen MR) is 112 cm³/mol. The number of carbonyl (C=O) groups is 3. The van der Waals surface area contributed by atoms with Crippen molar-refractivity contribution in [2.45, 2.75) is 36.8 Å². The fraction of sp³-hybridized carbons (Fsp3) is 0.250. The highest BCUT2D eigenvalue weighted by molar-refractivity contribution is 8.00. The molecule has 8 heteroatoms. The van der Waals surface area contributed by atoms with Crippen molar-refractivity contribution < 1.29 is 19.5 Å². The van der Waals surface area contributed by atoms with Crippen molar-refractivity contribution in [1.29, 1.82) is 0 Å². The van der Waals surface area contributed by atoms with Gasteiger partial charge in [0, 0.05) is 17.0 Å². The highest BCUT2D eigenvalue weighted by Gasteiger charge is 2.17. The predicted octanol–water partition coefficient (Wildman–Crippen LogP) is 4.90. The number of rotatable bonds is 8. The van der Waals surface area contributed by atoms with Crippen molar-refractivity contribution in [2.24, 2.45) is 0 Å². The summed E-state index contributed by atoms with van der Waals surface area (Å²) in [7, 11) is 0. The lowest BCUT2D eigenvalue weighted by Gasteiger charge is -2.14. The first-order chi connectivity index (χ1) is 13.3. The Morgan fingerprint density at radius 3 is 2.57 bits per heavy atom. The summed E-state index contributed by atoms with van der Waals surface area (Å²) in [6, 6.07) is 11.4. The molecule has 2 amide bonds. The van der Waals surface area contributed by atoms with Gasteiger partial charge in [0.1, 0.15) is 0 Å². The summed E-state index contributed by atoms with van der Waals surface area (Å²) in [6.07, 6.45) is 1.22. The molecule has 0 fully saturated rings. The van der Waals surface area contributed by atoms with E-state index in [1.165, 1.54) is 30.0 Å². The van der Waals surface area contributed by atoms with Gasteiger partial charge in [0.15, 0.2) is 0 Å². The lowest BCUT2D eigenvalue weighted by Crippen LogP contribution is -2.22. The Labute approximate surface area is 172 Å². The van der Waals surface area contributed by atoms with E-state index in [1.807, 2.05) is 19.1 Å². The van der Waals surface area contributed by atoms with Crippen molar-refractivity contribution in [3.8, 4) is 0 Å². The van der Waals surface area contributed by atoms with Crippen LogP contribution in [0.4, 0.5) is 11.4 Å². The van der Waals surface area contributed by atoms with Crippen LogP contribution < -0.4 is 10.6 Å². The standard InChI is InChI=1S/C20H21ClN2O4S/c1-3-5-18(24)22-14-6-4-7-15(11-14)28-12(2)19(25)23-17-10-13(20(26)27)8-9-16(17)21/h4,6-12H,3,5H2,1-2H3,(H,22,24)(H,23,25)(H,26,27). The summed E-state index contributed by atoms with van der Waals surface area (Å²) < 4.78 is 0. The van der Waals surface area contributed by atoms with Gasteiger partial charge in [-0.15, -0.1) is 11.8 Å². The van der Waals surface area contributed by atoms with Crippen molar-refractivity contribution in [3.05, 3.63) is 53.1 Å². The fourth-order valence-electron chi connectivity index (χ4n) is 2.34. The smallest absolute Gasteiger partial charge is 0.335 e. The third-order valence-corrected chi connectivity index (χ3v) is 5.17. The molecule has 1 atom stereocenters. The molecule has 0 saturated carbocycles. The van der Waals surface area contributed by atoms with Gasteiger partial charge in [0.2, 0.25) is 11.8 Å². The van der Waals surface area contributed by atoms with Gasteiger partial charge in [-0.1, -0.05) is 24.6 Å². The van der Waals surface area contributed by atoms with E-state index in [0.29, 0.717) is 12.1 Å². The third-order valence-electron chi connectivity index (χ3n) is 3.75. The molecule has 0 saturated heterocycles. The average Bonchev–Trinajstić information content (AvgIpc) is 2.63. The highest BCUT2D eigenvalue weighted by Crippen LogP contribution is 2.28. The fourth-order valence-corrected chi connectivity index (χ4v) is 3.43. The number of halogens is 1. The Bertz CT molecular complexity index is 888. The number of carboxylic acid groups (broad SMARTS) is 1. The van der Waals surface area contributed by atoms with Crippen LogP contribution in [0.25, 0.3) is 0 Å². The highest BCUT2D eigenvalue weighted by atomic mass is 35.5. The van der Waals surface area contributed by atoms with E-state index >= 15 is 0 Å². The molecular formula is C20H21ClN2O4S. The first kappa shape index (κ1) is 21.8. The molecule has 2 aromatic carbocycles. The zero-order valence-electron chi connectivity index (χ0n) is 15.5. The van der Waals surface area contributed by atoms with Crippen molar-refractivity contribution in [2.75, 3.05) is 10.6 Å². The molecule has 0 spiro atoms. The Morgan fingerprint density at radius 1 is 1.14 bits per heavy atom. The topological polar surface area (TPSA) is 95.5 Å². The molecule has 2 aromatic rings. The van der Waals surface area contributed by atoms with Crippen LogP contribution in [0.2, 0.25) is 5.02 Å². The number of carbonyl (C=O) groups excluding carboxylic acids is 2. The number of nitrogens with one attached hydrogen (secondary N) is 2. The van der Waals surface area contributed by atoms with Crippen molar-refractivity contribution >= 4 is 52.5 Å². The van der Waals surface area contributed by atoms with Crippen LogP contribution in [-0.2, 0) is 9.59 Å². The monoisotopic (exact) mass is 420 g/mol. The van der Waals surface area contributed by atoms with Gasteiger partial charge in [0.25, 0.3) is 0 Å². The van der Waals surface area contributed by atoms with Crippen LogP contribution in [0, 0.1) is 0 Å². The largest absolute Gasteiger partial charge is 0.478 e. The SMILES string of the molecule is CCCC(=O)Nc1cccc(SC(C)C(=O)Nc2cc(C(=O)O)ccc2Cl)c1. The maximum atomic E-state index is 12.5. The molecule has 0 radical (unpaired) electrons. The van der Waals surface area contributed by atoms with Gasteiger partial charge in [-0.2, -0.15) is 0 Å². The minimum atomic E-state index is -1.10. The van der Waals surface area contributed by atoms with E-state index in [1.54, 1.807) is 19.1 Å². The zero-order chi connectivity index (χ0) is 20.7. The first-order valence-corrected chi connectivity index (χ1v) is 9.96. The van der Waals surface area contributed by atoms with E-state index in [2.05, 4.69) is 10.6 Å². The normalized spacial score (nSPS) is 11.5. The van der Waals surface area contributed by atoms with Gasteiger partial charge in [0.05, 0.1) is 21.5 Å². The molecular weight excluding hydrogens is 400 g/mol. The molecule has 28 heavy (non-hydrogen) atoms. The lowest BCUT2D eigenvalue weighted by atomic mass is 10.2. The lowest BCUT2D eigenvalue weighted by molar-refractivity contribution is -0.116. The molecule has 0 aliphatic heterocycles. The van der Waals surface area contributed by atoms with Crippen molar-refractivity contribution in [1.82, 2.24) is 0 Å². The van der Waals surface area contributed by atoms with E-state index < -0.39 is 11.2 Å². The zero-order valence-corrected chi connectivity index (χ0v) is 17.1. The maximum Gasteiger partial charge on any atom is 0.335 e. The summed E-state index contributed by atoms with van der Waals surface area (Å²) in [4.78, 5) is 36.1. The van der Waals surface area contributed by atoms with Gasteiger partial charge in [-0.05, 0) is 49.7 Å². The summed E-state index contributed by atoms with van der Waals surface area (Å²) in [6.45, 7) is 3.67. The van der Waals surface area contributed by atoms with Crippen LogP contribution in [-0.4, -0.2) is 28.1 Å². The van der Waals surface area contributed by atoms with E-state index in [9.17, 15) is 14.4 Å².